The van der Waals surface area contributed by atoms with E-state index in [2.05, 4.69) is 155 Å². The zero-order chi connectivity index (χ0) is 36.2. The smallest absolute Gasteiger partial charge is 0.149 e. The van der Waals surface area contributed by atoms with Crippen LogP contribution in [0.3, 0.4) is 0 Å². The van der Waals surface area contributed by atoms with Crippen molar-refractivity contribution in [1.82, 2.24) is 14.5 Å². The maximum absolute atomic E-state index is 11.3. The van der Waals surface area contributed by atoms with Crippen LogP contribution in [0.15, 0.2) is 146 Å². The van der Waals surface area contributed by atoms with Gasteiger partial charge in [-0.1, -0.05) is 126 Å². The number of benzene rings is 6. The molecule has 0 aliphatic heterocycles. The van der Waals surface area contributed by atoms with Crippen LogP contribution in [0.5, 0.6) is 5.75 Å². The Morgan fingerprint density at radius 3 is 1.85 bits per heavy atom. The molecule has 256 valence electrons. The maximum atomic E-state index is 11.3. The third kappa shape index (κ3) is 5.94. The number of para-hydroxylation sites is 2. The van der Waals surface area contributed by atoms with Gasteiger partial charge in [-0.15, -0.1) is 0 Å². The summed E-state index contributed by atoms with van der Waals surface area (Å²) in [6.45, 7) is 13.4. The van der Waals surface area contributed by atoms with E-state index in [0.717, 1.165) is 55.4 Å². The Balaban J connectivity index is 1.35. The Morgan fingerprint density at radius 2 is 1.13 bits per heavy atom. The molecule has 4 heteroatoms. The molecule has 0 bridgehead atoms. The van der Waals surface area contributed by atoms with Gasteiger partial charge in [-0.2, -0.15) is 0 Å². The van der Waals surface area contributed by atoms with E-state index < -0.39 is 0 Å². The fourth-order valence-corrected chi connectivity index (χ4v) is 7.16. The third-order valence-electron chi connectivity index (χ3n) is 10.1. The molecule has 0 radical (unpaired) electrons. The summed E-state index contributed by atoms with van der Waals surface area (Å²) < 4.78 is 2.17. The lowest BCUT2D eigenvalue weighted by Gasteiger charge is -2.22. The first kappa shape index (κ1) is 33.2. The SMILES string of the molecule is CC(C)(C)c1ccc(O)c(-c2nc3c(-c4cccc(-c5cc(C(C)(C)C)cc6c(-c7ccccc7)ccnc56)c4)cccc3n2-c2ccccc2)c1. The third-order valence-corrected chi connectivity index (χ3v) is 10.1. The summed E-state index contributed by atoms with van der Waals surface area (Å²) in [5.41, 5.74) is 13.4. The Labute approximate surface area is 306 Å². The van der Waals surface area contributed by atoms with Gasteiger partial charge in [0, 0.05) is 28.4 Å². The number of rotatable bonds is 5. The number of hydrogen-bond donors (Lipinski definition) is 1. The second kappa shape index (κ2) is 12.6. The highest BCUT2D eigenvalue weighted by molar-refractivity contribution is 6.03. The lowest BCUT2D eigenvalue weighted by Crippen LogP contribution is -2.11. The molecule has 2 aromatic heterocycles. The molecular formula is C48H43N3O. The predicted octanol–water partition coefficient (Wildman–Crippen LogP) is 12.5. The number of fused-ring (bicyclic) bond motifs is 2. The van der Waals surface area contributed by atoms with Crippen LogP contribution >= 0.6 is 0 Å². The monoisotopic (exact) mass is 677 g/mol. The average Bonchev–Trinajstić information content (AvgIpc) is 3.54. The van der Waals surface area contributed by atoms with Crippen LogP contribution < -0.4 is 0 Å². The largest absolute Gasteiger partial charge is 0.507 e. The summed E-state index contributed by atoms with van der Waals surface area (Å²) in [5.74, 6) is 0.909. The molecule has 0 aliphatic rings. The van der Waals surface area contributed by atoms with Crippen LogP contribution in [0.25, 0.3) is 72.4 Å². The van der Waals surface area contributed by atoms with Crippen LogP contribution in [-0.2, 0) is 10.8 Å². The van der Waals surface area contributed by atoms with Crippen molar-refractivity contribution >= 4 is 21.9 Å². The van der Waals surface area contributed by atoms with Gasteiger partial charge in [0.15, 0.2) is 0 Å². The second-order valence-electron chi connectivity index (χ2n) is 15.7. The summed E-state index contributed by atoms with van der Waals surface area (Å²) in [7, 11) is 0. The summed E-state index contributed by atoms with van der Waals surface area (Å²) in [5, 5.41) is 12.4. The Kier molecular flexibility index (Phi) is 8.06. The first-order valence-electron chi connectivity index (χ1n) is 18.0. The van der Waals surface area contributed by atoms with Crippen LogP contribution in [0.2, 0.25) is 0 Å². The number of phenols is 1. The fourth-order valence-electron chi connectivity index (χ4n) is 7.16. The second-order valence-corrected chi connectivity index (χ2v) is 15.7. The van der Waals surface area contributed by atoms with Crippen molar-refractivity contribution in [2.45, 2.75) is 52.4 Å². The molecule has 1 N–H and O–H groups in total. The van der Waals surface area contributed by atoms with E-state index >= 15 is 0 Å². The lowest BCUT2D eigenvalue weighted by atomic mass is 9.83. The molecule has 4 nitrogen and oxygen atoms in total. The molecule has 52 heavy (non-hydrogen) atoms. The number of aromatic hydroxyl groups is 1. The normalized spacial score (nSPS) is 12.1. The highest BCUT2D eigenvalue weighted by Crippen LogP contribution is 2.42. The predicted molar refractivity (Wildman–Crippen MR) is 217 cm³/mol. The number of imidazole rings is 1. The van der Waals surface area contributed by atoms with Gasteiger partial charge in [-0.05, 0) is 98.8 Å². The van der Waals surface area contributed by atoms with Crippen molar-refractivity contribution in [3.63, 3.8) is 0 Å². The van der Waals surface area contributed by atoms with Crippen molar-refractivity contribution in [3.8, 4) is 56.2 Å². The molecule has 0 fully saturated rings. The van der Waals surface area contributed by atoms with Gasteiger partial charge in [0.25, 0.3) is 0 Å². The zero-order valence-corrected chi connectivity index (χ0v) is 30.6. The number of phenolic OH excluding ortho intramolecular Hbond substituents is 1. The molecule has 8 rings (SSSR count). The summed E-state index contributed by atoms with van der Waals surface area (Å²) in [4.78, 5) is 10.3. The van der Waals surface area contributed by atoms with Gasteiger partial charge in [0.2, 0.25) is 0 Å². The molecule has 8 aromatic rings. The number of nitrogens with zero attached hydrogens (tertiary/aromatic N) is 3. The van der Waals surface area contributed by atoms with E-state index in [4.69, 9.17) is 9.97 Å². The van der Waals surface area contributed by atoms with Gasteiger partial charge in [0.1, 0.15) is 11.6 Å². The van der Waals surface area contributed by atoms with E-state index in [0.29, 0.717) is 11.4 Å². The molecular weight excluding hydrogens is 635 g/mol. The van der Waals surface area contributed by atoms with E-state index in [1.165, 1.54) is 16.7 Å². The van der Waals surface area contributed by atoms with Gasteiger partial charge in [-0.25, -0.2) is 4.98 Å². The standard InChI is InChI=1S/C48H43N3O/c1-47(2,3)34-23-24-43(52)41(28-34)46-50-45-38(21-14-22-42(45)51(46)36-19-11-8-12-20-36)32-17-13-18-33(27-32)39-29-35(48(4,5)6)30-40-37(25-26-49-44(39)40)31-15-9-7-10-16-31/h7-30,52H,1-6H3. The van der Waals surface area contributed by atoms with E-state index in [-0.39, 0.29) is 16.6 Å². The zero-order valence-electron chi connectivity index (χ0n) is 30.6. The van der Waals surface area contributed by atoms with Gasteiger partial charge in [0.05, 0.1) is 22.1 Å². The van der Waals surface area contributed by atoms with Crippen LogP contribution in [0.4, 0.5) is 0 Å². The molecule has 2 heterocycles. The fraction of sp³-hybridized carbons (Fsp3) is 0.167. The highest BCUT2D eigenvalue weighted by atomic mass is 16.3. The Hall–Kier alpha value is -6.00. The molecule has 6 aromatic carbocycles. The van der Waals surface area contributed by atoms with Crippen molar-refractivity contribution in [2.24, 2.45) is 0 Å². The quantitative estimate of drug-likeness (QED) is 0.197. The van der Waals surface area contributed by atoms with Crippen molar-refractivity contribution in [1.29, 1.82) is 0 Å². The topological polar surface area (TPSA) is 50.9 Å². The molecule has 0 aliphatic carbocycles. The van der Waals surface area contributed by atoms with Gasteiger partial charge < -0.3 is 5.11 Å². The number of hydrogen-bond acceptors (Lipinski definition) is 3. The molecule has 0 saturated carbocycles. The first-order chi connectivity index (χ1) is 25.0. The molecule has 0 atom stereocenters. The molecule has 0 spiro atoms. The summed E-state index contributed by atoms with van der Waals surface area (Å²) in [6, 6.07) is 48.6. The van der Waals surface area contributed by atoms with E-state index in [1.807, 2.05) is 30.5 Å². The minimum Gasteiger partial charge on any atom is -0.507 e. The number of aromatic nitrogens is 3. The molecule has 0 amide bonds. The van der Waals surface area contributed by atoms with Gasteiger partial charge in [-0.3, -0.25) is 9.55 Å². The molecule has 0 unspecified atom stereocenters. The Bertz CT molecular complexity index is 2590. The van der Waals surface area contributed by atoms with Crippen LogP contribution in [-0.4, -0.2) is 19.6 Å². The first-order valence-corrected chi connectivity index (χ1v) is 18.0. The number of pyridine rings is 1. The van der Waals surface area contributed by atoms with Crippen molar-refractivity contribution in [2.75, 3.05) is 0 Å². The molecule has 0 saturated heterocycles. The van der Waals surface area contributed by atoms with E-state index in [1.54, 1.807) is 6.07 Å². The summed E-state index contributed by atoms with van der Waals surface area (Å²) >= 11 is 0. The lowest BCUT2D eigenvalue weighted by molar-refractivity contribution is 0.475. The van der Waals surface area contributed by atoms with Crippen LogP contribution in [0, 0.1) is 0 Å². The van der Waals surface area contributed by atoms with Crippen molar-refractivity contribution < 1.29 is 5.11 Å². The van der Waals surface area contributed by atoms with Crippen molar-refractivity contribution in [3.05, 3.63) is 157 Å². The van der Waals surface area contributed by atoms with E-state index in [9.17, 15) is 5.11 Å². The highest BCUT2D eigenvalue weighted by Gasteiger charge is 2.23. The summed E-state index contributed by atoms with van der Waals surface area (Å²) in [6.07, 6.45) is 1.93. The average molecular weight is 678 g/mol. The van der Waals surface area contributed by atoms with Gasteiger partial charge >= 0.3 is 0 Å². The maximum Gasteiger partial charge on any atom is 0.149 e. The van der Waals surface area contributed by atoms with Crippen LogP contribution in [0.1, 0.15) is 52.7 Å². The minimum atomic E-state index is -0.0944. The Morgan fingerprint density at radius 1 is 0.500 bits per heavy atom. The minimum absolute atomic E-state index is 0.0630.